The van der Waals surface area contributed by atoms with Gasteiger partial charge in [0, 0.05) is 11.1 Å². The number of allylic oxidation sites excluding steroid dienone is 2. The zero-order valence-electron chi connectivity index (χ0n) is 14.3. The lowest BCUT2D eigenvalue weighted by Crippen LogP contribution is -2.12. The molecule has 6 heteroatoms. The van der Waals surface area contributed by atoms with Gasteiger partial charge in [0.05, 0.1) is 14.9 Å². The maximum absolute atomic E-state index is 14.0. The highest BCUT2D eigenvalue weighted by Gasteiger charge is 2.61. The zero-order chi connectivity index (χ0) is 18.4. The Morgan fingerprint density at radius 2 is 1.71 bits per heavy atom. The van der Waals surface area contributed by atoms with Crippen molar-refractivity contribution in [2.75, 3.05) is 0 Å². The second kappa shape index (κ2) is 6.87. The summed E-state index contributed by atoms with van der Waals surface area (Å²) < 4.78 is 33.6. The van der Waals surface area contributed by atoms with E-state index in [4.69, 9.17) is 4.74 Å². The molecule has 0 N–H and O–H groups in total. The Hall–Kier alpha value is -0.750. The van der Waals surface area contributed by atoms with Crippen LogP contribution in [0.15, 0.2) is 20.6 Å². The minimum atomic E-state index is -0.684. The van der Waals surface area contributed by atoms with Gasteiger partial charge in [0.2, 0.25) is 0 Å². The summed E-state index contributed by atoms with van der Waals surface area (Å²) in [6.07, 6.45) is 2.07. The summed E-state index contributed by atoms with van der Waals surface area (Å²) in [4.78, 5) is 12.4. The fraction of sp³-hybridized carbons (Fsp3) is 0.500. The van der Waals surface area contributed by atoms with Crippen molar-refractivity contribution >= 4 is 37.8 Å². The van der Waals surface area contributed by atoms with Gasteiger partial charge in [-0.05, 0) is 64.0 Å². The first-order valence-corrected chi connectivity index (χ1v) is 9.21. The summed E-state index contributed by atoms with van der Waals surface area (Å²) in [6, 6.07) is 0. The molecule has 0 aromatic heterocycles. The van der Waals surface area contributed by atoms with Crippen LogP contribution in [-0.2, 0) is 16.1 Å². The van der Waals surface area contributed by atoms with Crippen LogP contribution in [0.5, 0.6) is 0 Å². The first-order chi connectivity index (χ1) is 11.0. The molecule has 0 amide bonds. The van der Waals surface area contributed by atoms with E-state index in [2.05, 4.69) is 37.9 Å². The lowest BCUT2D eigenvalue weighted by atomic mass is 10.1. The number of halogens is 4. The van der Waals surface area contributed by atoms with E-state index in [0.717, 1.165) is 5.57 Å². The molecule has 0 saturated heterocycles. The molecule has 2 atom stereocenters. The Morgan fingerprint density at radius 3 is 2.17 bits per heavy atom. The second-order valence-corrected chi connectivity index (χ2v) is 8.62. The molecular formula is C18H20Br2F2O2. The van der Waals surface area contributed by atoms with Crippen molar-refractivity contribution in [1.82, 2.24) is 0 Å². The van der Waals surface area contributed by atoms with Crippen molar-refractivity contribution in [3.8, 4) is 0 Å². The van der Waals surface area contributed by atoms with E-state index < -0.39 is 11.6 Å². The van der Waals surface area contributed by atoms with E-state index >= 15 is 0 Å². The van der Waals surface area contributed by atoms with Gasteiger partial charge in [0.25, 0.3) is 0 Å². The van der Waals surface area contributed by atoms with Gasteiger partial charge in [-0.2, -0.15) is 0 Å². The van der Waals surface area contributed by atoms with Crippen molar-refractivity contribution in [2.45, 2.75) is 41.2 Å². The maximum Gasteiger partial charge on any atom is 0.310 e. The van der Waals surface area contributed by atoms with E-state index in [9.17, 15) is 13.6 Å². The SMILES string of the molecule is CC(C)=C[C@@H]1[C@@H](C(=O)OCc2c(Br)c(F)c(C)c(F)c2Br)C1(C)C. The van der Waals surface area contributed by atoms with Crippen molar-refractivity contribution in [1.29, 1.82) is 0 Å². The molecule has 1 fully saturated rings. The monoisotopic (exact) mass is 464 g/mol. The smallest absolute Gasteiger partial charge is 0.310 e. The number of benzene rings is 1. The van der Waals surface area contributed by atoms with Gasteiger partial charge < -0.3 is 4.74 Å². The minimum absolute atomic E-state index is 0.0872. The molecule has 24 heavy (non-hydrogen) atoms. The average Bonchev–Trinajstić information content (AvgIpc) is 3.02. The largest absolute Gasteiger partial charge is 0.460 e. The number of hydrogen-bond donors (Lipinski definition) is 0. The molecule has 1 aromatic carbocycles. The Morgan fingerprint density at radius 1 is 1.21 bits per heavy atom. The second-order valence-electron chi connectivity index (χ2n) is 7.04. The molecular weight excluding hydrogens is 446 g/mol. The number of carbonyl (C=O) groups excluding carboxylic acids is 1. The number of esters is 1. The van der Waals surface area contributed by atoms with Gasteiger partial charge in [0.1, 0.15) is 18.2 Å². The normalized spacial score (nSPS) is 21.4. The molecule has 0 aliphatic heterocycles. The fourth-order valence-electron chi connectivity index (χ4n) is 2.94. The molecule has 1 aliphatic rings. The molecule has 0 radical (unpaired) electrons. The summed E-state index contributed by atoms with van der Waals surface area (Å²) in [7, 11) is 0. The molecule has 0 unspecified atom stereocenters. The van der Waals surface area contributed by atoms with Crippen molar-refractivity contribution in [2.24, 2.45) is 17.3 Å². The number of rotatable bonds is 4. The summed E-state index contributed by atoms with van der Waals surface area (Å²) in [5.41, 5.74) is 1.15. The quantitative estimate of drug-likeness (QED) is 0.306. The highest BCUT2D eigenvalue weighted by Crippen LogP contribution is 2.59. The molecule has 0 bridgehead atoms. The highest BCUT2D eigenvalue weighted by atomic mass is 79.9. The van der Waals surface area contributed by atoms with E-state index in [1.54, 1.807) is 0 Å². The minimum Gasteiger partial charge on any atom is -0.460 e. The van der Waals surface area contributed by atoms with E-state index in [-0.39, 0.29) is 49.9 Å². The van der Waals surface area contributed by atoms with Gasteiger partial charge in [-0.1, -0.05) is 25.5 Å². The molecule has 1 saturated carbocycles. The maximum atomic E-state index is 14.0. The van der Waals surface area contributed by atoms with Gasteiger partial charge >= 0.3 is 5.97 Å². The Balaban J connectivity index is 2.16. The predicted molar refractivity (Wildman–Crippen MR) is 96.5 cm³/mol. The third kappa shape index (κ3) is 3.45. The Kier molecular flexibility index (Phi) is 5.60. The van der Waals surface area contributed by atoms with Crippen molar-refractivity contribution < 1.29 is 18.3 Å². The van der Waals surface area contributed by atoms with Crippen LogP contribution in [-0.4, -0.2) is 5.97 Å². The summed E-state index contributed by atoms with van der Waals surface area (Å²) in [6.45, 7) is 9.17. The van der Waals surface area contributed by atoms with Crippen LogP contribution >= 0.6 is 31.9 Å². The number of hydrogen-bond acceptors (Lipinski definition) is 2. The molecule has 1 aliphatic carbocycles. The van der Waals surface area contributed by atoms with Gasteiger partial charge in [0.15, 0.2) is 0 Å². The Bertz CT molecular complexity index is 693. The van der Waals surface area contributed by atoms with Gasteiger partial charge in [-0.25, -0.2) is 8.78 Å². The molecule has 2 rings (SSSR count). The lowest BCUT2D eigenvalue weighted by Gasteiger charge is -2.13. The van der Waals surface area contributed by atoms with Crippen LogP contribution in [0.3, 0.4) is 0 Å². The summed E-state index contributed by atoms with van der Waals surface area (Å²) in [5, 5.41) is 0. The number of carbonyl (C=O) groups is 1. The van der Waals surface area contributed by atoms with Crippen LogP contribution in [0.1, 0.15) is 38.8 Å². The van der Waals surface area contributed by atoms with E-state index in [1.807, 2.05) is 27.7 Å². The average molecular weight is 466 g/mol. The lowest BCUT2D eigenvalue weighted by molar-refractivity contribution is -0.147. The third-order valence-electron chi connectivity index (χ3n) is 4.61. The van der Waals surface area contributed by atoms with E-state index in [1.165, 1.54) is 6.92 Å². The standard InChI is InChI=1S/C18H20Br2F2O2/c1-8(2)6-11-12(18(11,4)5)17(23)24-7-10-13(19)15(21)9(3)16(22)14(10)20/h6,11-12H,7H2,1-5H3/t11-,12+/m1/s1. The van der Waals surface area contributed by atoms with Crippen LogP contribution in [0.2, 0.25) is 0 Å². The van der Waals surface area contributed by atoms with Crippen LogP contribution < -0.4 is 0 Å². The topological polar surface area (TPSA) is 26.3 Å². The fourth-order valence-corrected chi connectivity index (χ4v) is 4.43. The summed E-state index contributed by atoms with van der Waals surface area (Å²) in [5.74, 6) is -1.81. The Labute approximate surface area is 157 Å². The number of ether oxygens (including phenoxy) is 1. The first-order valence-electron chi connectivity index (χ1n) is 7.63. The third-order valence-corrected chi connectivity index (χ3v) is 6.26. The highest BCUT2D eigenvalue weighted by molar-refractivity contribution is 9.11. The molecule has 2 nitrogen and oxygen atoms in total. The van der Waals surface area contributed by atoms with Gasteiger partial charge in [-0.3, -0.25) is 4.79 Å². The van der Waals surface area contributed by atoms with Crippen LogP contribution in [0.25, 0.3) is 0 Å². The molecule has 132 valence electrons. The molecule has 0 spiro atoms. The van der Waals surface area contributed by atoms with E-state index in [0.29, 0.717) is 0 Å². The molecule has 0 heterocycles. The molecule has 1 aromatic rings. The predicted octanol–water partition coefficient (Wildman–Crippen LogP) is 6.08. The van der Waals surface area contributed by atoms with Crippen molar-refractivity contribution in [3.05, 3.63) is 43.4 Å². The first kappa shape index (κ1) is 19.6. The van der Waals surface area contributed by atoms with Crippen LogP contribution in [0.4, 0.5) is 8.78 Å². The van der Waals surface area contributed by atoms with Gasteiger partial charge in [-0.15, -0.1) is 0 Å². The zero-order valence-corrected chi connectivity index (χ0v) is 17.4. The van der Waals surface area contributed by atoms with Crippen LogP contribution in [0, 0.1) is 35.8 Å². The summed E-state index contributed by atoms with van der Waals surface area (Å²) >= 11 is 6.23. The van der Waals surface area contributed by atoms with Crippen molar-refractivity contribution in [3.63, 3.8) is 0 Å².